The summed E-state index contributed by atoms with van der Waals surface area (Å²) in [5.41, 5.74) is 0.469. The number of carbonyl (C=O) groups is 2. The first-order chi connectivity index (χ1) is 13.9. The van der Waals surface area contributed by atoms with Crippen molar-refractivity contribution in [2.75, 3.05) is 44.4 Å². The number of nitrogens with zero attached hydrogens (tertiary/aromatic N) is 1. The van der Waals surface area contributed by atoms with Crippen LogP contribution in [0.3, 0.4) is 0 Å². The van der Waals surface area contributed by atoms with Crippen LogP contribution in [0.2, 0.25) is 5.02 Å². The van der Waals surface area contributed by atoms with Crippen molar-refractivity contribution in [1.29, 1.82) is 0 Å². The van der Waals surface area contributed by atoms with E-state index in [9.17, 15) is 9.59 Å². The minimum atomic E-state index is -0.589. The molecule has 2 N–H and O–H groups in total. The number of carbonyl (C=O) groups excluding carboxylic acids is 2. The van der Waals surface area contributed by atoms with Crippen molar-refractivity contribution in [1.82, 2.24) is 15.5 Å². The maximum absolute atomic E-state index is 13.0. The molecule has 0 spiro atoms. The molecule has 2 saturated heterocycles. The first kappa shape index (κ1) is 22.4. The van der Waals surface area contributed by atoms with Crippen molar-refractivity contribution in [2.45, 2.75) is 31.8 Å². The second kappa shape index (κ2) is 10.2. The molecule has 0 bridgehead atoms. The van der Waals surface area contributed by atoms with Crippen LogP contribution in [0.15, 0.2) is 24.3 Å². The summed E-state index contributed by atoms with van der Waals surface area (Å²) in [5.74, 6) is 1.69. The number of hydrogen-bond donors (Lipinski definition) is 2. The summed E-state index contributed by atoms with van der Waals surface area (Å²) in [6, 6.07) is 6.08. The predicted octanol–water partition coefficient (Wildman–Crippen LogP) is 2.42. The third-order valence-electron chi connectivity index (χ3n) is 5.70. The van der Waals surface area contributed by atoms with Gasteiger partial charge >= 0.3 is 0 Å². The van der Waals surface area contributed by atoms with Gasteiger partial charge in [-0.3, -0.25) is 14.5 Å². The zero-order valence-corrected chi connectivity index (χ0v) is 18.7. The largest absolute Gasteiger partial charge is 0.379 e. The van der Waals surface area contributed by atoms with Crippen LogP contribution in [0.1, 0.15) is 30.6 Å². The van der Waals surface area contributed by atoms with Gasteiger partial charge in [-0.1, -0.05) is 25.4 Å². The fourth-order valence-electron chi connectivity index (χ4n) is 3.86. The molecule has 0 aliphatic carbocycles. The third-order valence-corrected chi connectivity index (χ3v) is 7.18. The van der Waals surface area contributed by atoms with Crippen LogP contribution in [0.5, 0.6) is 0 Å². The Balaban J connectivity index is 1.62. The van der Waals surface area contributed by atoms with E-state index >= 15 is 0 Å². The maximum Gasteiger partial charge on any atom is 0.251 e. The summed E-state index contributed by atoms with van der Waals surface area (Å²) in [6.45, 7) is 7.76. The fourth-order valence-corrected chi connectivity index (χ4v) is 5.46. The molecule has 6 nitrogen and oxygen atoms in total. The van der Waals surface area contributed by atoms with E-state index in [-0.39, 0.29) is 23.3 Å². The average molecular weight is 440 g/mol. The number of thioether (sulfide) groups is 1. The molecular formula is C21H30ClN3O3S. The van der Waals surface area contributed by atoms with Crippen LogP contribution >= 0.6 is 23.4 Å². The van der Waals surface area contributed by atoms with E-state index in [1.54, 1.807) is 24.3 Å². The van der Waals surface area contributed by atoms with Crippen LogP contribution in [0.25, 0.3) is 0 Å². The maximum atomic E-state index is 13.0. The van der Waals surface area contributed by atoms with Crippen molar-refractivity contribution in [3.05, 3.63) is 34.9 Å². The molecule has 3 rings (SSSR count). The van der Waals surface area contributed by atoms with E-state index in [2.05, 4.69) is 15.5 Å². The van der Waals surface area contributed by atoms with Gasteiger partial charge in [0.25, 0.3) is 5.91 Å². The minimum Gasteiger partial charge on any atom is -0.379 e. The average Bonchev–Trinajstić information content (AvgIpc) is 3.21. The van der Waals surface area contributed by atoms with E-state index in [4.69, 9.17) is 16.3 Å². The van der Waals surface area contributed by atoms with Gasteiger partial charge in [-0.25, -0.2) is 0 Å². The van der Waals surface area contributed by atoms with Gasteiger partial charge in [0.05, 0.1) is 13.2 Å². The summed E-state index contributed by atoms with van der Waals surface area (Å²) in [6.07, 6.45) is 1.06. The van der Waals surface area contributed by atoms with Crippen LogP contribution in [0, 0.1) is 5.92 Å². The van der Waals surface area contributed by atoms with E-state index in [0.717, 1.165) is 44.2 Å². The summed E-state index contributed by atoms with van der Waals surface area (Å²) in [4.78, 5) is 28.0. The van der Waals surface area contributed by atoms with Gasteiger partial charge in [-0.2, -0.15) is 11.8 Å². The predicted molar refractivity (Wildman–Crippen MR) is 118 cm³/mol. The fraction of sp³-hybridized carbons (Fsp3) is 0.619. The van der Waals surface area contributed by atoms with Crippen molar-refractivity contribution >= 4 is 35.2 Å². The molecule has 2 amide bonds. The van der Waals surface area contributed by atoms with Crippen LogP contribution in [-0.2, 0) is 9.53 Å². The van der Waals surface area contributed by atoms with E-state index in [0.29, 0.717) is 17.1 Å². The highest BCUT2D eigenvalue weighted by molar-refractivity contribution is 7.99. The molecule has 2 unspecified atom stereocenters. The van der Waals surface area contributed by atoms with Crippen LogP contribution in [-0.4, -0.2) is 72.6 Å². The molecule has 2 fully saturated rings. The lowest BCUT2D eigenvalue weighted by Gasteiger charge is -2.43. The van der Waals surface area contributed by atoms with Crippen molar-refractivity contribution in [3.63, 3.8) is 0 Å². The molecule has 0 saturated carbocycles. The molecule has 1 aromatic carbocycles. The highest BCUT2D eigenvalue weighted by atomic mass is 35.5. The standard InChI is InChI=1S/C21H30ClN3O3S/c1-15(2)18(24-19(26)16-3-5-17(22)6-4-16)20(27)23-13-21(7-12-29-14-21)25-8-10-28-11-9-25/h3-6,15,18H,7-14H2,1-2H3,(H,23,27)(H,24,26). The van der Waals surface area contributed by atoms with Gasteiger partial charge in [0.1, 0.15) is 6.04 Å². The lowest BCUT2D eigenvalue weighted by atomic mass is 9.94. The first-order valence-electron chi connectivity index (χ1n) is 10.2. The second-order valence-corrected chi connectivity index (χ2v) is 9.59. The quantitative estimate of drug-likeness (QED) is 0.682. The number of nitrogens with one attached hydrogen (secondary N) is 2. The SMILES string of the molecule is CC(C)C(NC(=O)c1ccc(Cl)cc1)C(=O)NCC1(N2CCOCC2)CCSC1. The molecule has 2 aliphatic rings. The number of morpholine rings is 1. The summed E-state index contributed by atoms with van der Waals surface area (Å²) >= 11 is 7.83. The first-order valence-corrected chi connectivity index (χ1v) is 11.7. The Labute approximate surface area is 182 Å². The molecule has 0 radical (unpaired) electrons. The zero-order chi connectivity index (χ0) is 20.9. The number of benzene rings is 1. The highest BCUT2D eigenvalue weighted by Crippen LogP contribution is 2.33. The normalized spacial score (nSPS) is 23.7. The molecule has 2 atom stereocenters. The van der Waals surface area contributed by atoms with E-state index in [1.807, 2.05) is 25.6 Å². The van der Waals surface area contributed by atoms with Gasteiger partial charge in [0, 0.05) is 41.5 Å². The second-order valence-electron chi connectivity index (χ2n) is 8.05. The van der Waals surface area contributed by atoms with Gasteiger partial charge in [-0.05, 0) is 42.4 Å². The Morgan fingerprint density at radius 1 is 1.24 bits per heavy atom. The topological polar surface area (TPSA) is 70.7 Å². The Bertz CT molecular complexity index is 702. The lowest BCUT2D eigenvalue weighted by molar-refractivity contribution is -0.124. The Hall–Kier alpha value is -1.28. The molecule has 0 aromatic heterocycles. The Kier molecular flexibility index (Phi) is 7.85. The number of rotatable bonds is 7. The smallest absolute Gasteiger partial charge is 0.251 e. The number of amides is 2. The van der Waals surface area contributed by atoms with Gasteiger partial charge < -0.3 is 15.4 Å². The minimum absolute atomic E-state index is 0.0220. The third kappa shape index (κ3) is 5.66. The molecule has 2 aliphatic heterocycles. The molecule has 29 heavy (non-hydrogen) atoms. The molecule has 8 heteroatoms. The molecule has 2 heterocycles. The van der Waals surface area contributed by atoms with Crippen LogP contribution in [0.4, 0.5) is 0 Å². The van der Waals surface area contributed by atoms with E-state index < -0.39 is 6.04 Å². The van der Waals surface area contributed by atoms with Gasteiger partial charge in [0.2, 0.25) is 5.91 Å². The molecule has 160 valence electrons. The van der Waals surface area contributed by atoms with Gasteiger partial charge in [-0.15, -0.1) is 0 Å². The lowest BCUT2D eigenvalue weighted by Crippen LogP contribution is -2.61. The van der Waals surface area contributed by atoms with Crippen molar-refractivity contribution in [3.8, 4) is 0 Å². The monoisotopic (exact) mass is 439 g/mol. The summed E-state index contributed by atoms with van der Waals surface area (Å²) in [7, 11) is 0. The molecular weight excluding hydrogens is 410 g/mol. The number of hydrogen-bond acceptors (Lipinski definition) is 5. The van der Waals surface area contributed by atoms with Crippen molar-refractivity contribution < 1.29 is 14.3 Å². The number of ether oxygens (including phenoxy) is 1. The number of halogens is 1. The highest BCUT2D eigenvalue weighted by Gasteiger charge is 2.41. The van der Waals surface area contributed by atoms with Gasteiger partial charge in [0.15, 0.2) is 0 Å². The zero-order valence-electron chi connectivity index (χ0n) is 17.1. The van der Waals surface area contributed by atoms with E-state index in [1.165, 1.54) is 0 Å². The molecule has 1 aromatic rings. The summed E-state index contributed by atoms with van der Waals surface area (Å²) < 4.78 is 5.50. The Morgan fingerprint density at radius 3 is 2.52 bits per heavy atom. The summed E-state index contributed by atoms with van der Waals surface area (Å²) in [5, 5.41) is 6.60. The Morgan fingerprint density at radius 2 is 1.93 bits per heavy atom. The van der Waals surface area contributed by atoms with Crippen LogP contribution < -0.4 is 10.6 Å². The van der Waals surface area contributed by atoms with Crippen molar-refractivity contribution in [2.24, 2.45) is 5.92 Å².